The lowest BCUT2D eigenvalue weighted by molar-refractivity contribution is -0.166. The van der Waals surface area contributed by atoms with Crippen LogP contribution in [0.3, 0.4) is 0 Å². The van der Waals surface area contributed by atoms with Crippen molar-refractivity contribution in [2.75, 3.05) is 6.54 Å². The van der Waals surface area contributed by atoms with Crippen molar-refractivity contribution < 1.29 is 9.59 Å². The molecule has 4 heteroatoms. The minimum Gasteiger partial charge on any atom is -0.340 e. The van der Waals surface area contributed by atoms with Crippen LogP contribution in [0.15, 0.2) is 0 Å². The van der Waals surface area contributed by atoms with Crippen LogP contribution < -0.4 is 5.32 Å². The summed E-state index contributed by atoms with van der Waals surface area (Å²) >= 11 is 0. The Bertz CT molecular complexity index is 432. The van der Waals surface area contributed by atoms with E-state index in [1.807, 2.05) is 4.90 Å². The Morgan fingerprint density at radius 1 is 1.00 bits per heavy atom. The lowest BCUT2D eigenvalue weighted by Gasteiger charge is -2.53. The van der Waals surface area contributed by atoms with Crippen molar-refractivity contribution in [3.8, 4) is 0 Å². The average Bonchev–Trinajstić information content (AvgIpc) is 2.92. The van der Waals surface area contributed by atoms with Crippen LogP contribution in [0.1, 0.15) is 71.6 Å². The molecule has 4 nitrogen and oxygen atoms in total. The molecule has 3 aliphatic rings. The van der Waals surface area contributed by atoms with Gasteiger partial charge in [0.2, 0.25) is 11.8 Å². The zero-order valence-corrected chi connectivity index (χ0v) is 13.4. The standard InChI is InChI=1S/C17H28N2O2/c1-13(2)12-19-15(21)16(8-6-7-9-16)18-14(20)17(19)10-4-3-5-11-17/h13H,3-12H2,1-2H3,(H,18,20). The molecular weight excluding hydrogens is 264 g/mol. The van der Waals surface area contributed by atoms with E-state index in [0.717, 1.165) is 51.4 Å². The van der Waals surface area contributed by atoms with Gasteiger partial charge in [-0.3, -0.25) is 9.59 Å². The molecule has 0 aromatic heterocycles. The summed E-state index contributed by atoms with van der Waals surface area (Å²) in [6.07, 6.45) is 8.72. The van der Waals surface area contributed by atoms with Crippen molar-refractivity contribution >= 4 is 11.8 Å². The summed E-state index contributed by atoms with van der Waals surface area (Å²) in [5.74, 6) is 0.733. The third-order valence-corrected chi connectivity index (χ3v) is 5.63. The summed E-state index contributed by atoms with van der Waals surface area (Å²) in [4.78, 5) is 28.2. The molecule has 1 N–H and O–H groups in total. The number of nitrogens with zero attached hydrogens (tertiary/aromatic N) is 1. The SMILES string of the molecule is CC(C)CN1C(=O)C2(CCCC2)NC(=O)C12CCCCC2. The van der Waals surface area contributed by atoms with E-state index in [2.05, 4.69) is 19.2 Å². The molecule has 1 saturated heterocycles. The van der Waals surface area contributed by atoms with Crippen molar-refractivity contribution in [2.45, 2.75) is 82.7 Å². The number of rotatable bonds is 2. The van der Waals surface area contributed by atoms with Crippen molar-refractivity contribution in [1.82, 2.24) is 10.2 Å². The van der Waals surface area contributed by atoms with E-state index in [1.165, 1.54) is 6.42 Å². The van der Waals surface area contributed by atoms with Gasteiger partial charge < -0.3 is 10.2 Å². The Hall–Kier alpha value is -1.06. The predicted octanol–water partition coefficient (Wildman–Crippen LogP) is 2.62. The summed E-state index contributed by atoms with van der Waals surface area (Å²) in [7, 11) is 0. The highest BCUT2D eigenvalue weighted by atomic mass is 16.2. The molecule has 0 aromatic rings. The third-order valence-electron chi connectivity index (χ3n) is 5.63. The first-order valence-corrected chi connectivity index (χ1v) is 8.65. The molecule has 0 aromatic carbocycles. The van der Waals surface area contributed by atoms with Gasteiger partial charge in [0.15, 0.2) is 0 Å². The molecule has 2 amide bonds. The van der Waals surface area contributed by atoms with E-state index in [9.17, 15) is 9.59 Å². The minimum atomic E-state index is -0.575. The number of amides is 2. The molecule has 0 bridgehead atoms. The highest BCUT2D eigenvalue weighted by Crippen LogP contribution is 2.43. The highest BCUT2D eigenvalue weighted by molar-refractivity contribution is 6.02. The quantitative estimate of drug-likeness (QED) is 0.850. The second kappa shape index (κ2) is 5.29. The zero-order valence-electron chi connectivity index (χ0n) is 13.4. The van der Waals surface area contributed by atoms with E-state index in [-0.39, 0.29) is 11.8 Å². The van der Waals surface area contributed by atoms with Gasteiger partial charge in [-0.15, -0.1) is 0 Å². The highest BCUT2D eigenvalue weighted by Gasteiger charge is 2.58. The van der Waals surface area contributed by atoms with Crippen LogP contribution in [-0.2, 0) is 9.59 Å². The molecule has 21 heavy (non-hydrogen) atoms. The van der Waals surface area contributed by atoms with Crippen LogP contribution in [0.5, 0.6) is 0 Å². The van der Waals surface area contributed by atoms with Gasteiger partial charge >= 0.3 is 0 Å². The smallest absolute Gasteiger partial charge is 0.249 e. The lowest BCUT2D eigenvalue weighted by atomic mass is 9.74. The fourth-order valence-electron chi connectivity index (χ4n) is 4.54. The number of carbonyl (C=O) groups excluding carboxylic acids is 2. The molecule has 2 spiro atoms. The Morgan fingerprint density at radius 2 is 1.57 bits per heavy atom. The number of nitrogens with one attached hydrogen (secondary N) is 1. The van der Waals surface area contributed by atoms with Gasteiger partial charge in [0.05, 0.1) is 0 Å². The van der Waals surface area contributed by atoms with Gasteiger partial charge in [-0.2, -0.15) is 0 Å². The zero-order chi connectivity index (χ0) is 15.1. The van der Waals surface area contributed by atoms with Gasteiger partial charge in [-0.1, -0.05) is 46.0 Å². The second-order valence-corrected chi connectivity index (χ2v) is 7.65. The summed E-state index contributed by atoms with van der Waals surface area (Å²) < 4.78 is 0. The summed E-state index contributed by atoms with van der Waals surface area (Å²) in [6.45, 7) is 4.99. The van der Waals surface area contributed by atoms with E-state index in [1.54, 1.807) is 0 Å². The maximum Gasteiger partial charge on any atom is 0.249 e. The molecule has 118 valence electrons. The van der Waals surface area contributed by atoms with Crippen molar-refractivity contribution in [3.05, 3.63) is 0 Å². The molecule has 1 aliphatic heterocycles. The topological polar surface area (TPSA) is 49.4 Å². The van der Waals surface area contributed by atoms with Crippen LogP contribution in [0.4, 0.5) is 0 Å². The fraction of sp³-hybridized carbons (Fsp3) is 0.882. The molecule has 0 atom stereocenters. The Kier molecular flexibility index (Phi) is 3.74. The number of hydrogen-bond donors (Lipinski definition) is 1. The number of piperazine rings is 1. The summed E-state index contributed by atoms with van der Waals surface area (Å²) in [5.41, 5.74) is -1.12. The second-order valence-electron chi connectivity index (χ2n) is 7.65. The van der Waals surface area contributed by atoms with Crippen LogP contribution in [-0.4, -0.2) is 34.3 Å². The number of hydrogen-bond acceptors (Lipinski definition) is 2. The monoisotopic (exact) mass is 292 g/mol. The van der Waals surface area contributed by atoms with Gasteiger partial charge in [0.1, 0.15) is 11.1 Å². The first-order chi connectivity index (χ1) is 10.0. The summed E-state index contributed by atoms with van der Waals surface area (Å²) in [6, 6.07) is 0. The van der Waals surface area contributed by atoms with Crippen LogP contribution in [0, 0.1) is 5.92 Å². The maximum absolute atomic E-state index is 13.2. The van der Waals surface area contributed by atoms with Gasteiger partial charge in [0.25, 0.3) is 0 Å². The third kappa shape index (κ3) is 2.27. The molecule has 0 radical (unpaired) electrons. The van der Waals surface area contributed by atoms with Gasteiger partial charge in [0, 0.05) is 6.54 Å². The van der Waals surface area contributed by atoms with E-state index < -0.39 is 11.1 Å². The first kappa shape index (κ1) is 14.9. The number of carbonyl (C=O) groups is 2. The maximum atomic E-state index is 13.2. The normalized spacial score (nSPS) is 27.7. The molecule has 2 aliphatic carbocycles. The van der Waals surface area contributed by atoms with Crippen molar-refractivity contribution in [1.29, 1.82) is 0 Å². The molecule has 2 saturated carbocycles. The van der Waals surface area contributed by atoms with Crippen LogP contribution >= 0.6 is 0 Å². The predicted molar refractivity (Wildman–Crippen MR) is 81.7 cm³/mol. The largest absolute Gasteiger partial charge is 0.340 e. The lowest BCUT2D eigenvalue weighted by Crippen LogP contribution is -2.75. The minimum absolute atomic E-state index is 0.129. The fourth-order valence-corrected chi connectivity index (χ4v) is 4.54. The average molecular weight is 292 g/mol. The van der Waals surface area contributed by atoms with Crippen molar-refractivity contribution in [2.24, 2.45) is 5.92 Å². The Balaban J connectivity index is 1.96. The molecule has 3 rings (SSSR count). The van der Waals surface area contributed by atoms with E-state index in [0.29, 0.717) is 12.5 Å². The van der Waals surface area contributed by atoms with Gasteiger partial charge in [-0.05, 0) is 31.6 Å². The Morgan fingerprint density at radius 3 is 2.14 bits per heavy atom. The van der Waals surface area contributed by atoms with Crippen LogP contribution in [0.25, 0.3) is 0 Å². The van der Waals surface area contributed by atoms with E-state index >= 15 is 0 Å². The molecular formula is C17H28N2O2. The molecule has 0 unspecified atom stereocenters. The molecule has 1 heterocycles. The van der Waals surface area contributed by atoms with Crippen LogP contribution in [0.2, 0.25) is 0 Å². The Labute approximate surface area is 127 Å². The van der Waals surface area contributed by atoms with E-state index in [4.69, 9.17) is 0 Å². The first-order valence-electron chi connectivity index (χ1n) is 8.65. The molecule has 3 fully saturated rings. The summed E-state index contributed by atoms with van der Waals surface area (Å²) in [5, 5.41) is 3.18. The van der Waals surface area contributed by atoms with Gasteiger partial charge in [-0.25, -0.2) is 0 Å². The van der Waals surface area contributed by atoms with Crippen molar-refractivity contribution in [3.63, 3.8) is 0 Å².